The number of rotatable bonds is 3. The van der Waals surface area contributed by atoms with Crippen molar-refractivity contribution in [3.63, 3.8) is 0 Å². The van der Waals surface area contributed by atoms with E-state index in [4.69, 9.17) is 14.2 Å². The largest absolute Gasteiger partial charge is 0.474 e. The van der Waals surface area contributed by atoms with Crippen LogP contribution in [0.25, 0.3) is 11.3 Å². The Balaban J connectivity index is 1.52. The number of hydrogen-bond donors (Lipinski definition) is 0. The van der Waals surface area contributed by atoms with Crippen molar-refractivity contribution in [3.05, 3.63) is 34.3 Å². The van der Waals surface area contributed by atoms with Crippen molar-refractivity contribution in [1.29, 1.82) is 0 Å². The summed E-state index contributed by atoms with van der Waals surface area (Å²) in [6.07, 6.45) is 0.985. The van der Waals surface area contributed by atoms with E-state index in [9.17, 15) is 0 Å². The zero-order valence-corrected chi connectivity index (χ0v) is 13.7. The van der Waals surface area contributed by atoms with Crippen LogP contribution >= 0.6 is 15.9 Å². The van der Waals surface area contributed by atoms with Gasteiger partial charge in [-0.05, 0) is 24.1 Å². The van der Waals surface area contributed by atoms with Crippen LogP contribution in [0.3, 0.4) is 0 Å². The molecule has 1 atom stereocenters. The molecule has 0 radical (unpaired) electrons. The van der Waals surface area contributed by atoms with Crippen molar-refractivity contribution in [2.45, 2.75) is 19.1 Å². The Morgan fingerprint density at radius 3 is 3.14 bits per heavy atom. The van der Waals surface area contributed by atoms with Crippen molar-refractivity contribution >= 4 is 15.9 Å². The fourth-order valence-corrected chi connectivity index (χ4v) is 3.32. The predicted octanol–water partition coefficient (Wildman–Crippen LogP) is 2.66. The van der Waals surface area contributed by atoms with Gasteiger partial charge >= 0.3 is 0 Å². The third-order valence-electron chi connectivity index (χ3n) is 4.00. The highest BCUT2D eigenvalue weighted by molar-refractivity contribution is 9.10. The quantitative estimate of drug-likeness (QED) is 0.839. The van der Waals surface area contributed by atoms with Crippen molar-refractivity contribution in [1.82, 2.24) is 9.78 Å². The van der Waals surface area contributed by atoms with E-state index < -0.39 is 0 Å². The Morgan fingerprint density at radius 2 is 2.27 bits per heavy atom. The molecule has 0 saturated carbocycles. The molecule has 2 aromatic rings. The second kappa shape index (κ2) is 6.02. The van der Waals surface area contributed by atoms with Crippen molar-refractivity contribution in [3.8, 4) is 17.1 Å². The normalized spacial score (nSPS) is 20.3. The molecule has 0 amide bonds. The van der Waals surface area contributed by atoms with E-state index in [2.05, 4.69) is 39.2 Å². The molecular formula is C16H17BrN2O3. The maximum Gasteiger partial charge on any atom is 0.233 e. The minimum absolute atomic E-state index is 0.00396. The van der Waals surface area contributed by atoms with Crippen LogP contribution in [-0.4, -0.2) is 42.3 Å². The van der Waals surface area contributed by atoms with E-state index in [1.807, 2.05) is 10.7 Å². The minimum Gasteiger partial charge on any atom is -0.474 e. The number of hydrogen-bond acceptors (Lipinski definition) is 4. The van der Waals surface area contributed by atoms with Crippen LogP contribution in [0.2, 0.25) is 0 Å². The van der Waals surface area contributed by atoms with E-state index in [1.54, 1.807) is 0 Å². The molecule has 6 heteroatoms. The molecule has 1 aromatic carbocycles. The summed E-state index contributed by atoms with van der Waals surface area (Å²) in [4.78, 5) is 0. The molecule has 3 heterocycles. The number of aromatic nitrogens is 2. The molecule has 1 saturated heterocycles. The highest BCUT2D eigenvalue weighted by Gasteiger charge is 2.20. The van der Waals surface area contributed by atoms with Gasteiger partial charge in [-0.15, -0.1) is 5.10 Å². The van der Waals surface area contributed by atoms with Gasteiger partial charge in [-0.25, -0.2) is 0 Å². The number of halogens is 1. The third kappa shape index (κ3) is 2.78. The predicted molar refractivity (Wildman–Crippen MR) is 85.1 cm³/mol. The molecule has 0 spiro atoms. The van der Waals surface area contributed by atoms with E-state index in [0.717, 1.165) is 23.1 Å². The fourth-order valence-electron chi connectivity index (χ4n) is 2.91. The molecule has 5 nitrogen and oxygen atoms in total. The maximum absolute atomic E-state index is 5.79. The molecule has 116 valence electrons. The topological polar surface area (TPSA) is 45.5 Å². The molecule has 4 rings (SSSR count). The minimum atomic E-state index is -0.00396. The summed E-state index contributed by atoms with van der Waals surface area (Å²) in [5, 5.41) is 4.54. The second-order valence-electron chi connectivity index (χ2n) is 5.52. The van der Waals surface area contributed by atoms with Crippen molar-refractivity contribution < 1.29 is 14.2 Å². The summed E-state index contributed by atoms with van der Waals surface area (Å²) in [5.74, 6) is 0.653. The van der Waals surface area contributed by atoms with E-state index in [1.165, 1.54) is 11.1 Å². The van der Waals surface area contributed by atoms with Gasteiger partial charge in [0.2, 0.25) is 5.88 Å². The van der Waals surface area contributed by atoms with Crippen LogP contribution < -0.4 is 4.74 Å². The first kappa shape index (κ1) is 14.2. The Morgan fingerprint density at radius 1 is 1.32 bits per heavy atom. The average Bonchev–Trinajstić information content (AvgIpc) is 2.97. The number of ether oxygens (including phenoxy) is 3. The first-order chi connectivity index (χ1) is 10.8. The van der Waals surface area contributed by atoms with Gasteiger partial charge < -0.3 is 14.2 Å². The van der Waals surface area contributed by atoms with E-state index in [-0.39, 0.29) is 6.10 Å². The Kier molecular flexibility index (Phi) is 3.90. The van der Waals surface area contributed by atoms with Gasteiger partial charge in [-0.1, -0.05) is 22.0 Å². The lowest BCUT2D eigenvalue weighted by Crippen LogP contribution is -2.33. The van der Waals surface area contributed by atoms with Gasteiger partial charge in [0.15, 0.2) is 0 Å². The van der Waals surface area contributed by atoms with Gasteiger partial charge in [0.05, 0.1) is 25.5 Å². The number of aryl methyl sites for hydroxylation is 2. The van der Waals surface area contributed by atoms with Gasteiger partial charge in [-0.3, -0.25) is 4.68 Å². The molecule has 1 aromatic heterocycles. The number of benzene rings is 1. The average molecular weight is 365 g/mol. The van der Waals surface area contributed by atoms with Crippen LogP contribution in [0.4, 0.5) is 0 Å². The van der Waals surface area contributed by atoms with Crippen LogP contribution in [-0.2, 0) is 22.4 Å². The lowest BCUT2D eigenvalue weighted by molar-refractivity contribution is -0.102. The lowest BCUT2D eigenvalue weighted by Gasteiger charge is -2.22. The van der Waals surface area contributed by atoms with Crippen LogP contribution in [0, 0.1) is 0 Å². The van der Waals surface area contributed by atoms with Gasteiger partial charge in [0.25, 0.3) is 0 Å². The first-order valence-corrected chi connectivity index (χ1v) is 8.28. The van der Waals surface area contributed by atoms with Crippen LogP contribution in [0.5, 0.6) is 5.88 Å². The summed E-state index contributed by atoms with van der Waals surface area (Å²) in [6.45, 7) is 3.25. The standard InChI is InChI=1S/C16H17BrN2O3/c17-12-1-2-14-11(7-12)3-4-19-15(14)8-16(18-19)22-10-13-9-20-5-6-21-13/h1-2,7-8,13H,3-6,9-10H2. The monoisotopic (exact) mass is 364 g/mol. The van der Waals surface area contributed by atoms with Crippen molar-refractivity contribution in [2.75, 3.05) is 26.4 Å². The third-order valence-corrected chi connectivity index (χ3v) is 4.49. The van der Waals surface area contributed by atoms with Crippen molar-refractivity contribution in [2.24, 2.45) is 0 Å². The molecule has 22 heavy (non-hydrogen) atoms. The molecule has 2 aliphatic rings. The molecule has 0 bridgehead atoms. The molecule has 1 fully saturated rings. The van der Waals surface area contributed by atoms with E-state index in [0.29, 0.717) is 32.3 Å². The second-order valence-corrected chi connectivity index (χ2v) is 6.44. The summed E-state index contributed by atoms with van der Waals surface area (Å²) >= 11 is 3.53. The van der Waals surface area contributed by atoms with Crippen LogP contribution in [0.1, 0.15) is 5.56 Å². The maximum atomic E-state index is 5.79. The van der Waals surface area contributed by atoms with Gasteiger partial charge in [-0.2, -0.15) is 0 Å². The number of fused-ring (bicyclic) bond motifs is 3. The summed E-state index contributed by atoms with van der Waals surface area (Å²) in [5.41, 5.74) is 3.69. The highest BCUT2D eigenvalue weighted by atomic mass is 79.9. The summed E-state index contributed by atoms with van der Waals surface area (Å²) in [7, 11) is 0. The Hall–Kier alpha value is -1.37. The first-order valence-electron chi connectivity index (χ1n) is 7.48. The zero-order valence-electron chi connectivity index (χ0n) is 12.1. The highest BCUT2D eigenvalue weighted by Crippen LogP contribution is 2.33. The zero-order chi connectivity index (χ0) is 14.9. The van der Waals surface area contributed by atoms with E-state index >= 15 is 0 Å². The lowest BCUT2D eigenvalue weighted by atomic mass is 9.99. The summed E-state index contributed by atoms with van der Waals surface area (Å²) in [6, 6.07) is 8.39. The molecule has 2 aliphatic heterocycles. The molecule has 0 aliphatic carbocycles. The number of nitrogens with zero attached hydrogens (tertiary/aromatic N) is 2. The molecule has 0 N–H and O–H groups in total. The summed E-state index contributed by atoms with van der Waals surface area (Å²) < 4.78 is 19.9. The Labute approximate surface area is 137 Å². The van der Waals surface area contributed by atoms with Crippen LogP contribution in [0.15, 0.2) is 28.7 Å². The fraction of sp³-hybridized carbons (Fsp3) is 0.438. The SMILES string of the molecule is Brc1ccc2c(c1)CCn1nc(OCC3COCCO3)cc1-2. The van der Waals surface area contributed by atoms with Gasteiger partial charge in [0.1, 0.15) is 12.7 Å². The smallest absolute Gasteiger partial charge is 0.233 e. The Bertz CT molecular complexity index is 680. The molecule has 1 unspecified atom stereocenters. The van der Waals surface area contributed by atoms with Gasteiger partial charge in [0, 0.05) is 22.6 Å². The molecular weight excluding hydrogens is 348 g/mol.